The average Bonchev–Trinajstić information content (AvgIpc) is 2.68. The van der Waals surface area contributed by atoms with Gasteiger partial charge in [0, 0.05) is 5.56 Å². The van der Waals surface area contributed by atoms with Crippen LogP contribution in [-0.2, 0) is 5.41 Å². The quantitative estimate of drug-likeness (QED) is 0.834. The molecule has 2 rings (SSSR count). The summed E-state index contributed by atoms with van der Waals surface area (Å²) in [4.78, 5) is 4.04. The van der Waals surface area contributed by atoms with Gasteiger partial charge in [0.25, 0.3) is 0 Å². The van der Waals surface area contributed by atoms with Crippen LogP contribution in [0.4, 0.5) is 10.3 Å². The fraction of sp³-hybridized carbons (Fsp3) is 0.333. The summed E-state index contributed by atoms with van der Waals surface area (Å²) in [6.45, 7) is 8.04. The van der Waals surface area contributed by atoms with Gasteiger partial charge >= 0.3 is 0 Å². The van der Waals surface area contributed by atoms with Crippen LogP contribution in [0.1, 0.15) is 37.6 Å². The monoisotopic (exact) mass is 352 g/mol. The Bertz CT molecular complexity index is 698. The van der Waals surface area contributed by atoms with Gasteiger partial charge in [0.1, 0.15) is 5.82 Å². The molecule has 0 unspecified atom stereocenters. The van der Waals surface area contributed by atoms with Crippen LogP contribution in [0.5, 0.6) is 0 Å². The van der Waals surface area contributed by atoms with Crippen molar-refractivity contribution in [3.05, 3.63) is 45.4 Å². The second kappa shape index (κ2) is 5.60. The minimum Gasteiger partial charge on any atom is -0.368 e. The van der Waals surface area contributed by atoms with Gasteiger partial charge < -0.3 is 5.73 Å². The molecule has 21 heavy (non-hydrogen) atoms. The van der Waals surface area contributed by atoms with E-state index < -0.39 is 0 Å². The molecule has 2 N–H and O–H groups in total. The van der Waals surface area contributed by atoms with Crippen LogP contribution in [-0.4, -0.2) is 15.9 Å². The molecule has 4 nitrogen and oxygen atoms in total. The molecule has 1 heterocycles. The molecule has 0 amide bonds. The van der Waals surface area contributed by atoms with Gasteiger partial charge in [0.05, 0.1) is 22.6 Å². The molecule has 0 atom stereocenters. The van der Waals surface area contributed by atoms with Gasteiger partial charge in [-0.05, 0) is 46.0 Å². The van der Waals surface area contributed by atoms with Crippen molar-refractivity contribution in [2.24, 2.45) is 5.10 Å². The summed E-state index contributed by atoms with van der Waals surface area (Å²) < 4.78 is 16.0. The average molecular weight is 353 g/mol. The van der Waals surface area contributed by atoms with E-state index in [-0.39, 0.29) is 17.2 Å². The van der Waals surface area contributed by atoms with Crippen molar-refractivity contribution in [2.45, 2.75) is 33.1 Å². The fourth-order valence-electron chi connectivity index (χ4n) is 1.86. The van der Waals surface area contributed by atoms with Crippen molar-refractivity contribution >= 4 is 28.1 Å². The number of nitrogen functional groups attached to an aromatic ring is 1. The molecule has 1 aromatic heterocycles. The normalized spacial score (nSPS) is 12.3. The van der Waals surface area contributed by atoms with Gasteiger partial charge in [-0.2, -0.15) is 5.10 Å². The van der Waals surface area contributed by atoms with Gasteiger partial charge in [-0.1, -0.05) is 20.8 Å². The van der Waals surface area contributed by atoms with Crippen LogP contribution in [0.2, 0.25) is 0 Å². The summed E-state index contributed by atoms with van der Waals surface area (Å²) in [6, 6.07) is 3.59. The second-order valence-electron chi connectivity index (χ2n) is 5.94. The molecule has 2 aromatic rings. The van der Waals surface area contributed by atoms with Gasteiger partial charge in [-0.25, -0.2) is 14.1 Å². The lowest BCUT2D eigenvalue weighted by molar-refractivity contribution is 0.579. The van der Waals surface area contributed by atoms with E-state index >= 15 is 0 Å². The van der Waals surface area contributed by atoms with Crippen molar-refractivity contribution in [3.8, 4) is 0 Å². The molecule has 0 aliphatic heterocycles. The van der Waals surface area contributed by atoms with Gasteiger partial charge in [-0.3, -0.25) is 0 Å². The van der Waals surface area contributed by atoms with Gasteiger partial charge in [-0.15, -0.1) is 0 Å². The molecule has 112 valence electrons. The van der Waals surface area contributed by atoms with Crippen LogP contribution < -0.4 is 5.73 Å². The smallest absolute Gasteiger partial charge is 0.221 e. The fourth-order valence-corrected chi connectivity index (χ4v) is 2.33. The molecular weight excluding hydrogens is 335 g/mol. The number of aryl methyl sites for hydroxylation is 1. The number of imidazole rings is 1. The molecule has 0 aliphatic rings. The Morgan fingerprint density at radius 3 is 2.57 bits per heavy atom. The lowest BCUT2D eigenvalue weighted by atomic mass is 9.86. The highest BCUT2D eigenvalue weighted by molar-refractivity contribution is 9.10. The molecule has 0 radical (unpaired) electrons. The summed E-state index contributed by atoms with van der Waals surface area (Å²) in [5.41, 5.74) is 7.81. The first-order valence-corrected chi connectivity index (χ1v) is 7.33. The summed E-state index contributed by atoms with van der Waals surface area (Å²) in [7, 11) is 0. The summed E-state index contributed by atoms with van der Waals surface area (Å²) in [5.74, 6) is -0.0719. The van der Waals surface area contributed by atoms with Crippen LogP contribution >= 0.6 is 15.9 Å². The predicted molar refractivity (Wildman–Crippen MR) is 87.2 cm³/mol. The van der Waals surface area contributed by atoms with E-state index in [9.17, 15) is 4.39 Å². The third kappa shape index (κ3) is 3.50. The Balaban J connectivity index is 2.44. The van der Waals surface area contributed by atoms with E-state index in [4.69, 9.17) is 5.73 Å². The van der Waals surface area contributed by atoms with Crippen LogP contribution in [0.3, 0.4) is 0 Å². The number of hydrogen-bond acceptors (Lipinski definition) is 3. The molecule has 6 heteroatoms. The van der Waals surface area contributed by atoms with E-state index in [2.05, 4.69) is 46.8 Å². The maximum absolute atomic E-state index is 14.2. The molecule has 0 spiro atoms. The number of aromatic nitrogens is 2. The molecule has 0 fully saturated rings. The first-order valence-electron chi connectivity index (χ1n) is 6.54. The highest BCUT2D eigenvalue weighted by atomic mass is 79.9. The third-order valence-electron chi connectivity index (χ3n) is 3.08. The molecule has 0 saturated carbocycles. The zero-order chi connectivity index (χ0) is 15.8. The maximum atomic E-state index is 14.2. The molecule has 0 saturated heterocycles. The van der Waals surface area contributed by atoms with Gasteiger partial charge in [0.15, 0.2) is 0 Å². The maximum Gasteiger partial charge on any atom is 0.221 e. The summed E-state index contributed by atoms with van der Waals surface area (Å²) >= 11 is 3.25. The third-order valence-corrected chi connectivity index (χ3v) is 3.66. The highest BCUT2D eigenvalue weighted by Crippen LogP contribution is 2.28. The predicted octanol–water partition coefficient (Wildman–Crippen LogP) is 3.86. The topological polar surface area (TPSA) is 56.2 Å². The number of rotatable bonds is 2. The Labute approximate surface area is 132 Å². The number of nitrogens with zero attached hydrogens (tertiary/aromatic N) is 3. The van der Waals surface area contributed by atoms with E-state index in [1.165, 1.54) is 10.9 Å². The Kier molecular flexibility index (Phi) is 4.18. The van der Waals surface area contributed by atoms with E-state index in [1.807, 2.05) is 6.92 Å². The SMILES string of the molecule is Cc1cn(N=Cc2cc(C(C)(C)C)cc(Br)c2F)c(N)n1. The second-order valence-corrected chi connectivity index (χ2v) is 6.80. The number of anilines is 1. The van der Waals surface area contributed by atoms with E-state index in [0.29, 0.717) is 10.0 Å². The molecule has 1 aromatic carbocycles. The van der Waals surface area contributed by atoms with E-state index in [1.54, 1.807) is 18.3 Å². The van der Waals surface area contributed by atoms with Crippen molar-refractivity contribution < 1.29 is 4.39 Å². The van der Waals surface area contributed by atoms with Gasteiger partial charge in [0.2, 0.25) is 5.95 Å². The number of hydrogen-bond donors (Lipinski definition) is 1. The minimum absolute atomic E-state index is 0.0799. The molecule has 0 aliphatic carbocycles. The van der Waals surface area contributed by atoms with E-state index in [0.717, 1.165) is 11.3 Å². The lowest BCUT2D eigenvalue weighted by Crippen LogP contribution is -2.12. The summed E-state index contributed by atoms with van der Waals surface area (Å²) in [5, 5.41) is 4.17. The molecule has 0 bridgehead atoms. The van der Waals surface area contributed by atoms with Crippen molar-refractivity contribution in [2.75, 3.05) is 5.73 Å². The zero-order valence-corrected chi connectivity index (χ0v) is 14.1. The van der Waals surface area contributed by atoms with Crippen molar-refractivity contribution in [1.82, 2.24) is 9.66 Å². The largest absolute Gasteiger partial charge is 0.368 e. The minimum atomic E-state index is -0.345. The number of nitrogens with two attached hydrogens (primary N) is 1. The Morgan fingerprint density at radius 2 is 2.05 bits per heavy atom. The Hall–Kier alpha value is -1.69. The number of benzene rings is 1. The van der Waals surface area contributed by atoms with Crippen molar-refractivity contribution in [1.29, 1.82) is 0 Å². The zero-order valence-electron chi connectivity index (χ0n) is 12.5. The van der Waals surface area contributed by atoms with Crippen LogP contribution in [0.15, 0.2) is 27.9 Å². The lowest BCUT2D eigenvalue weighted by Gasteiger charge is -2.20. The first kappa shape index (κ1) is 15.7. The number of halogens is 2. The highest BCUT2D eigenvalue weighted by Gasteiger charge is 2.17. The van der Waals surface area contributed by atoms with Crippen LogP contribution in [0, 0.1) is 12.7 Å². The first-order chi connectivity index (χ1) is 9.68. The van der Waals surface area contributed by atoms with Crippen LogP contribution in [0.25, 0.3) is 0 Å². The Morgan fingerprint density at radius 1 is 1.38 bits per heavy atom. The van der Waals surface area contributed by atoms with Crippen molar-refractivity contribution in [3.63, 3.8) is 0 Å². The molecular formula is C15H18BrFN4. The standard InChI is InChI=1S/C15H18BrFN4/c1-9-8-21(14(18)20-9)19-7-10-5-11(15(2,3)4)6-12(16)13(10)17/h5-8H,1-4H3,(H2,18,20). The summed E-state index contributed by atoms with van der Waals surface area (Å²) in [6.07, 6.45) is 3.14.